The zero-order valence-corrected chi connectivity index (χ0v) is 9.01. The minimum absolute atomic E-state index is 0.345. The van der Waals surface area contributed by atoms with Crippen molar-refractivity contribution in [2.24, 2.45) is 12.8 Å². The summed E-state index contributed by atoms with van der Waals surface area (Å²) in [5, 5.41) is 4.00. The van der Waals surface area contributed by atoms with E-state index in [0.717, 1.165) is 0 Å². The monoisotopic (exact) mass is 217 g/mol. The fourth-order valence-electron chi connectivity index (χ4n) is 1.52. The van der Waals surface area contributed by atoms with Crippen LogP contribution in [-0.2, 0) is 7.05 Å². The molecule has 0 aliphatic heterocycles. The molecule has 2 aromatic rings. The number of hydrogen-bond acceptors (Lipinski definition) is 4. The van der Waals surface area contributed by atoms with Crippen molar-refractivity contribution in [3.63, 3.8) is 0 Å². The lowest BCUT2D eigenvalue weighted by atomic mass is 10.1. The van der Waals surface area contributed by atoms with Crippen LogP contribution in [0.3, 0.4) is 0 Å². The number of aryl methyl sites for hydroxylation is 2. The van der Waals surface area contributed by atoms with Crippen LogP contribution in [0.15, 0.2) is 18.5 Å². The van der Waals surface area contributed by atoms with Gasteiger partial charge in [0.2, 0.25) is 0 Å². The molecule has 0 aromatic carbocycles. The van der Waals surface area contributed by atoms with Gasteiger partial charge in [-0.1, -0.05) is 0 Å². The Bertz CT molecular complexity index is 546. The maximum atomic E-state index is 11.3. The van der Waals surface area contributed by atoms with Crippen LogP contribution in [0.1, 0.15) is 16.3 Å². The van der Waals surface area contributed by atoms with Gasteiger partial charge in [-0.25, -0.2) is 9.97 Å². The molecule has 1 amide bonds. The van der Waals surface area contributed by atoms with E-state index in [1.807, 2.05) is 0 Å². The molecule has 2 aromatic heterocycles. The molecule has 6 nitrogen and oxygen atoms in total. The molecule has 0 aliphatic rings. The largest absolute Gasteiger partial charge is 0.364 e. The zero-order chi connectivity index (χ0) is 11.7. The van der Waals surface area contributed by atoms with Crippen LogP contribution in [0.5, 0.6) is 0 Å². The molecule has 0 aliphatic carbocycles. The number of carbonyl (C=O) groups is 1. The quantitative estimate of drug-likeness (QED) is 0.782. The van der Waals surface area contributed by atoms with E-state index in [1.54, 1.807) is 32.4 Å². The minimum Gasteiger partial charge on any atom is -0.364 e. The molecular formula is C10H11N5O. The van der Waals surface area contributed by atoms with E-state index in [1.165, 1.54) is 4.68 Å². The second-order valence-electron chi connectivity index (χ2n) is 3.38. The summed E-state index contributed by atoms with van der Waals surface area (Å²) in [5.74, 6) is 0.114. The number of nitrogens with two attached hydrogens (primary N) is 1. The van der Waals surface area contributed by atoms with Crippen LogP contribution >= 0.6 is 0 Å². The maximum absolute atomic E-state index is 11.3. The van der Waals surface area contributed by atoms with Gasteiger partial charge in [-0.3, -0.25) is 9.48 Å². The molecule has 0 atom stereocenters. The van der Waals surface area contributed by atoms with Crippen LogP contribution in [0.2, 0.25) is 0 Å². The van der Waals surface area contributed by atoms with E-state index in [9.17, 15) is 4.79 Å². The maximum Gasteiger partial charge on any atom is 0.267 e. The highest BCUT2D eigenvalue weighted by molar-refractivity contribution is 5.97. The summed E-state index contributed by atoms with van der Waals surface area (Å²) in [5.41, 5.74) is 6.91. The summed E-state index contributed by atoms with van der Waals surface area (Å²) >= 11 is 0. The van der Waals surface area contributed by atoms with Gasteiger partial charge in [0.1, 0.15) is 11.5 Å². The van der Waals surface area contributed by atoms with Crippen LogP contribution in [-0.4, -0.2) is 25.7 Å². The molecule has 0 unspecified atom stereocenters. The predicted molar refractivity (Wildman–Crippen MR) is 57.5 cm³/mol. The standard InChI is InChI=1S/C10H11N5O/c1-6-12-4-3-8(14-6)7-5-13-15(2)9(7)10(11)16/h3-5H,1-2H3,(H2,11,16). The van der Waals surface area contributed by atoms with Gasteiger partial charge in [-0.2, -0.15) is 5.10 Å². The first kappa shape index (κ1) is 10.3. The molecule has 2 heterocycles. The number of primary amides is 1. The highest BCUT2D eigenvalue weighted by Crippen LogP contribution is 2.20. The fraction of sp³-hybridized carbons (Fsp3) is 0.200. The molecule has 0 radical (unpaired) electrons. The highest BCUT2D eigenvalue weighted by Gasteiger charge is 2.16. The lowest BCUT2D eigenvalue weighted by Gasteiger charge is -2.01. The zero-order valence-electron chi connectivity index (χ0n) is 9.01. The topological polar surface area (TPSA) is 86.7 Å². The van der Waals surface area contributed by atoms with E-state index >= 15 is 0 Å². The number of nitrogens with zero attached hydrogens (tertiary/aromatic N) is 4. The van der Waals surface area contributed by atoms with Crippen molar-refractivity contribution in [2.45, 2.75) is 6.92 Å². The third kappa shape index (κ3) is 1.65. The van der Waals surface area contributed by atoms with Crippen molar-refractivity contribution < 1.29 is 4.79 Å². The van der Waals surface area contributed by atoms with Crippen molar-refractivity contribution in [1.82, 2.24) is 19.7 Å². The normalized spacial score (nSPS) is 10.4. The Morgan fingerprint density at radius 3 is 2.88 bits per heavy atom. The summed E-state index contributed by atoms with van der Waals surface area (Å²) in [6.45, 7) is 1.78. The van der Waals surface area contributed by atoms with Gasteiger partial charge >= 0.3 is 0 Å². The first-order valence-corrected chi connectivity index (χ1v) is 4.71. The second-order valence-corrected chi connectivity index (χ2v) is 3.38. The van der Waals surface area contributed by atoms with Crippen LogP contribution in [0.4, 0.5) is 0 Å². The van der Waals surface area contributed by atoms with Gasteiger partial charge < -0.3 is 5.73 Å². The summed E-state index contributed by atoms with van der Waals surface area (Å²) in [6, 6.07) is 1.72. The summed E-state index contributed by atoms with van der Waals surface area (Å²) in [4.78, 5) is 19.5. The van der Waals surface area contributed by atoms with Crippen LogP contribution in [0.25, 0.3) is 11.3 Å². The Balaban J connectivity index is 2.60. The van der Waals surface area contributed by atoms with Crippen LogP contribution < -0.4 is 5.73 Å². The molecule has 0 spiro atoms. The molecule has 16 heavy (non-hydrogen) atoms. The van der Waals surface area contributed by atoms with Crippen molar-refractivity contribution in [3.8, 4) is 11.3 Å². The fourth-order valence-corrected chi connectivity index (χ4v) is 1.52. The Morgan fingerprint density at radius 1 is 1.50 bits per heavy atom. The first-order chi connectivity index (χ1) is 7.59. The van der Waals surface area contributed by atoms with E-state index < -0.39 is 5.91 Å². The molecular weight excluding hydrogens is 206 g/mol. The van der Waals surface area contributed by atoms with Crippen LogP contribution in [0, 0.1) is 6.92 Å². The molecule has 82 valence electrons. The molecule has 2 N–H and O–H groups in total. The molecule has 0 saturated heterocycles. The van der Waals surface area contributed by atoms with Crippen molar-refractivity contribution in [3.05, 3.63) is 30.0 Å². The van der Waals surface area contributed by atoms with E-state index in [-0.39, 0.29) is 0 Å². The average Bonchev–Trinajstić information content (AvgIpc) is 2.60. The predicted octanol–water partition coefficient (Wildman–Crippen LogP) is 0.284. The summed E-state index contributed by atoms with van der Waals surface area (Å²) in [7, 11) is 1.66. The third-order valence-electron chi connectivity index (χ3n) is 2.22. The smallest absolute Gasteiger partial charge is 0.267 e. The van der Waals surface area contributed by atoms with Gasteiger partial charge in [0.25, 0.3) is 5.91 Å². The molecule has 2 rings (SSSR count). The van der Waals surface area contributed by atoms with Gasteiger partial charge in [-0.05, 0) is 13.0 Å². The molecule has 0 saturated carbocycles. The Hall–Kier alpha value is -2.24. The third-order valence-corrected chi connectivity index (χ3v) is 2.22. The number of hydrogen-bond donors (Lipinski definition) is 1. The second kappa shape index (κ2) is 3.73. The molecule has 0 bridgehead atoms. The Morgan fingerprint density at radius 2 is 2.25 bits per heavy atom. The number of rotatable bonds is 2. The average molecular weight is 217 g/mol. The lowest BCUT2D eigenvalue weighted by molar-refractivity contribution is 0.0992. The van der Waals surface area contributed by atoms with Gasteiger partial charge in [-0.15, -0.1) is 0 Å². The number of carbonyl (C=O) groups excluding carboxylic acids is 1. The minimum atomic E-state index is -0.522. The molecule has 6 heteroatoms. The van der Waals surface area contributed by atoms with E-state index in [0.29, 0.717) is 22.8 Å². The SMILES string of the molecule is Cc1nccc(-c2cnn(C)c2C(N)=O)n1. The lowest BCUT2D eigenvalue weighted by Crippen LogP contribution is -2.17. The van der Waals surface area contributed by atoms with Gasteiger partial charge in [0.15, 0.2) is 0 Å². The van der Waals surface area contributed by atoms with Crippen molar-refractivity contribution in [2.75, 3.05) is 0 Å². The highest BCUT2D eigenvalue weighted by atomic mass is 16.1. The van der Waals surface area contributed by atoms with E-state index in [4.69, 9.17) is 5.73 Å². The number of aromatic nitrogens is 4. The Kier molecular flexibility index (Phi) is 2.40. The van der Waals surface area contributed by atoms with Gasteiger partial charge in [0.05, 0.1) is 17.5 Å². The van der Waals surface area contributed by atoms with Crippen molar-refractivity contribution in [1.29, 1.82) is 0 Å². The first-order valence-electron chi connectivity index (χ1n) is 4.71. The van der Waals surface area contributed by atoms with Crippen molar-refractivity contribution >= 4 is 5.91 Å². The van der Waals surface area contributed by atoms with Gasteiger partial charge in [0, 0.05) is 13.2 Å². The molecule has 0 fully saturated rings. The summed E-state index contributed by atoms with van der Waals surface area (Å²) < 4.78 is 1.44. The number of amides is 1. The van der Waals surface area contributed by atoms with E-state index in [2.05, 4.69) is 15.1 Å². The Labute approximate surface area is 92.1 Å². The summed E-state index contributed by atoms with van der Waals surface area (Å²) in [6.07, 6.45) is 3.21.